The molecule has 1 amide bonds. The molecule has 1 heterocycles. The summed E-state index contributed by atoms with van der Waals surface area (Å²) in [6.07, 6.45) is 0. The first-order valence-corrected chi connectivity index (χ1v) is 7.98. The van der Waals surface area contributed by atoms with Gasteiger partial charge in [0.2, 0.25) is 11.7 Å². The number of aromatic nitrogens is 4. The van der Waals surface area contributed by atoms with Gasteiger partial charge in [-0.2, -0.15) is 4.80 Å². The molecule has 6 nitrogen and oxygen atoms in total. The Kier molecular flexibility index (Phi) is 4.96. The van der Waals surface area contributed by atoms with Crippen molar-refractivity contribution in [1.82, 2.24) is 20.2 Å². The van der Waals surface area contributed by atoms with Crippen LogP contribution in [0.4, 0.5) is 10.1 Å². The molecule has 25 heavy (non-hydrogen) atoms. The minimum Gasteiger partial charge on any atom is -0.323 e. The van der Waals surface area contributed by atoms with E-state index in [0.29, 0.717) is 27.7 Å². The molecule has 0 saturated carbocycles. The zero-order valence-electron chi connectivity index (χ0n) is 13.0. The van der Waals surface area contributed by atoms with Crippen molar-refractivity contribution in [2.24, 2.45) is 0 Å². The van der Waals surface area contributed by atoms with E-state index < -0.39 is 0 Å². The molecule has 3 aromatic rings. The van der Waals surface area contributed by atoms with Crippen LogP contribution in [0.2, 0.25) is 10.0 Å². The zero-order chi connectivity index (χ0) is 18.0. The lowest BCUT2D eigenvalue weighted by atomic mass is 10.1. The van der Waals surface area contributed by atoms with Gasteiger partial charge in [-0.15, -0.1) is 10.2 Å². The van der Waals surface area contributed by atoms with Crippen molar-refractivity contribution < 1.29 is 9.18 Å². The fourth-order valence-electron chi connectivity index (χ4n) is 2.13. The average molecular weight is 380 g/mol. The second-order valence-corrected chi connectivity index (χ2v) is 6.04. The number of carbonyl (C=O) groups excluding carboxylic acids is 1. The zero-order valence-corrected chi connectivity index (χ0v) is 14.5. The number of anilines is 1. The summed E-state index contributed by atoms with van der Waals surface area (Å²) >= 11 is 11.9. The van der Waals surface area contributed by atoms with Crippen LogP contribution in [0.15, 0.2) is 36.4 Å². The lowest BCUT2D eigenvalue weighted by molar-refractivity contribution is -0.117. The van der Waals surface area contributed by atoms with Crippen LogP contribution in [0.25, 0.3) is 11.4 Å². The van der Waals surface area contributed by atoms with E-state index in [1.54, 1.807) is 37.3 Å². The smallest absolute Gasteiger partial charge is 0.248 e. The van der Waals surface area contributed by atoms with Crippen LogP contribution in [0.3, 0.4) is 0 Å². The van der Waals surface area contributed by atoms with Crippen molar-refractivity contribution in [2.75, 3.05) is 5.32 Å². The van der Waals surface area contributed by atoms with E-state index in [0.717, 1.165) is 4.80 Å². The Labute approximate surface area is 152 Å². The Hall–Kier alpha value is -2.51. The Bertz CT molecular complexity index is 944. The number of hydrogen-bond donors (Lipinski definition) is 1. The predicted molar refractivity (Wildman–Crippen MR) is 93.0 cm³/mol. The fraction of sp³-hybridized carbons (Fsp3) is 0.125. The number of rotatable bonds is 4. The quantitative estimate of drug-likeness (QED) is 0.749. The molecular formula is C16H12Cl2FN5O. The van der Waals surface area contributed by atoms with Crippen LogP contribution >= 0.6 is 23.2 Å². The average Bonchev–Trinajstić information content (AvgIpc) is 3.03. The standard InChI is InChI=1S/C16H12Cl2FN5O/c1-9-7-10(5-6-12(9)19)16-21-23-24(22-16)8-14(25)20-13-4-2-3-11(17)15(13)18/h2-7H,8H2,1H3,(H,20,25). The van der Waals surface area contributed by atoms with Gasteiger partial charge >= 0.3 is 0 Å². The molecule has 0 saturated heterocycles. The predicted octanol–water partition coefficient (Wildman–Crippen LogP) is 3.73. The molecule has 0 fully saturated rings. The van der Waals surface area contributed by atoms with Crippen LogP contribution in [0.1, 0.15) is 5.56 Å². The van der Waals surface area contributed by atoms with Crippen molar-refractivity contribution in [1.29, 1.82) is 0 Å². The summed E-state index contributed by atoms with van der Waals surface area (Å²) in [5, 5.41) is 15.1. The lowest BCUT2D eigenvalue weighted by Crippen LogP contribution is -2.20. The molecule has 0 atom stereocenters. The highest BCUT2D eigenvalue weighted by molar-refractivity contribution is 6.43. The first-order valence-electron chi connectivity index (χ1n) is 7.22. The first-order chi connectivity index (χ1) is 11.9. The Morgan fingerprint density at radius 3 is 2.84 bits per heavy atom. The van der Waals surface area contributed by atoms with Gasteiger partial charge in [0.1, 0.15) is 12.4 Å². The van der Waals surface area contributed by atoms with Gasteiger partial charge in [0.15, 0.2) is 0 Å². The molecule has 0 radical (unpaired) electrons. The number of carbonyl (C=O) groups is 1. The third kappa shape index (κ3) is 3.94. The normalized spacial score (nSPS) is 10.7. The van der Waals surface area contributed by atoms with Crippen molar-refractivity contribution >= 4 is 34.8 Å². The van der Waals surface area contributed by atoms with Crippen LogP contribution in [0, 0.1) is 12.7 Å². The number of benzene rings is 2. The van der Waals surface area contributed by atoms with Crippen molar-refractivity contribution in [2.45, 2.75) is 13.5 Å². The van der Waals surface area contributed by atoms with Crippen molar-refractivity contribution in [3.63, 3.8) is 0 Å². The van der Waals surface area contributed by atoms with E-state index in [-0.39, 0.29) is 23.3 Å². The second kappa shape index (κ2) is 7.16. The molecule has 1 N–H and O–H groups in total. The Morgan fingerprint density at radius 2 is 2.08 bits per heavy atom. The SMILES string of the molecule is Cc1cc(-c2nnn(CC(=O)Nc3cccc(Cl)c3Cl)n2)ccc1F. The van der Waals surface area contributed by atoms with Gasteiger partial charge in [-0.1, -0.05) is 29.3 Å². The van der Waals surface area contributed by atoms with Gasteiger partial charge in [0.25, 0.3) is 0 Å². The summed E-state index contributed by atoms with van der Waals surface area (Å²) in [4.78, 5) is 13.2. The molecule has 0 spiro atoms. The maximum atomic E-state index is 13.3. The van der Waals surface area contributed by atoms with Gasteiger partial charge < -0.3 is 5.32 Å². The summed E-state index contributed by atoms with van der Waals surface area (Å²) in [5.41, 5.74) is 1.49. The topological polar surface area (TPSA) is 72.7 Å². The van der Waals surface area contributed by atoms with Crippen molar-refractivity contribution in [3.8, 4) is 11.4 Å². The Morgan fingerprint density at radius 1 is 1.28 bits per heavy atom. The van der Waals surface area contributed by atoms with Gasteiger partial charge in [0.05, 0.1) is 15.7 Å². The van der Waals surface area contributed by atoms with Crippen LogP contribution in [-0.2, 0) is 11.3 Å². The maximum Gasteiger partial charge on any atom is 0.248 e. The van der Waals surface area contributed by atoms with Gasteiger partial charge in [0, 0.05) is 5.56 Å². The third-order valence-corrected chi connectivity index (χ3v) is 4.20. The molecule has 0 unspecified atom stereocenters. The summed E-state index contributed by atoms with van der Waals surface area (Å²) in [6.45, 7) is 1.49. The number of amides is 1. The van der Waals surface area contributed by atoms with E-state index in [1.807, 2.05) is 0 Å². The molecule has 0 bridgehead atoms. The molecule has 9 heteroatoms. The molecule has 2 aromatic carbocycles. The maximum absolute atomic E-state index is 13.3. The minimum atomic E-state index is -0.386. The Balaban J connectivity index is 1.71. The molecular weight excluding hydrogens is 368 g/mol. The number of tetrazole rings is 1. The number of aryl methyl sites for hydroxylation is 1. The lowest BCUT2D eigenvalue weighted by Gasteiger charge is -2.07. The molecule has 0 aliphatic rings. The second-order valence-electron chi connectivity index (χ2n) is 5.26. The van der Waals surface area contributed by atoms with Crippen LogP contribution in [-0.4, -0.2) is 26.1 Å². The highest BCUT2D eigenvalue weighted by Crippen LogP contribution is 2.29. The third-order valence-electron chi connectivity index (χ3n) is 3.38. The highest BCUT2D eigenvalue weighted by atomic mass is 35.5. The van der Waals surface area contributed by atoms with Crippen molar-refractivity contribution in [3.05, 3.63) is 57.8 Å². The number of halogens is 3. The number of hydrogen-bond acceptors (Lipinski definition) is 4. The summed E-state index contributed by atoms with van der Waals surface area (Å²) in [7, 11) is 0. The van der Waals surface area contributed by atoms with Gasteiger partial charge in [-0.3, -0.25) is 4.79 Å². The summed E-state index contributed by atoms with van der Waals surface area (Å²) in [6, 6.07) is 9.42. The van der Waals surface area contributed by atoms with E-state index in [1.165, 1.54) is 6.07 Å². The van der Waals surface area contributed by atoms with E-state index in [4.69, 9.17) is 23.2 Å². The van der Waals surface area contributed by atoms with E-state index in [2.05, 4.69) is 20.7 Å². The molecule has 1 aromatic heterocycles. The largest absolute Gasteiger partial charge is 0.323 e. The summed E-state index contributed by atoms with van der Waals surface area (Å²) in [5.74, 6) is -0.394. The van der Waals surface area contributed by atoms with Gasteiger partial charge in [-0.05, 0) is 48.0 Å². The van der Waals surface area contributed by atoms with Crippen LogP contribution in [0.5, 0.6) is 0 Å². The molecule has 3 rings (SSSR count). The number of nitrogens with zero attached hydrogens (tertiary/aromatic N) is 4. The van der Waals surface area contributed by atoms with Gasteiger partial charge in [-0.25, -0.2) is 4.39 Å². The van der Waals surface area contributed by atoms with E-state index >= 15 is 0 Å². The first kappa shape index (κ1) is 17.3. The highest BCUT2D eigenvalue weighted by Gasteiger charge is 2.12. The number of nitrogens with one attached hydrogen (secondary N) is 1. The molecule has 0 aliphatic carbocycles. The monoisotopic (exact) mass is 379 g/mol. The van der Waals surface area contributed by atoms with E-state index in [9.17, 15) is 9.18 Å². The minimum absolute atomic E-state index is 0.157. The molecule has 0 aliphatic heterocycles. The summed E-state index contributed by atoms with van der Waals surface area (Å²) < 4.78 is 13.3. The van der Waals surface area contributed by atoms with Crippen LogP contribution < -0.4 is 5.32 Å². The fourth-order valence-corrected chi connectivity index (χ4v) is 2.48. The molecule has 128 valence electrons.